The van der Waals surface area contributed by atoms with Gasteiger partial charge in [0.25, 0.3) is 0 Å². The van der Waals surface area contributed by atoms with Gasteiger partial charge in [0.05, 0.1) is 12.3 Å². The molecular weight excluding hydrogens is 236 g/mol. The first kappa shape index (κ1) is 13.6. The van der Waals surface area contributed by atoms with Crippen molar-refractivity contribution in [1.29, 1.82) is 0 Å². The molecule has 1 rings (SSSR count). The lowest BCUT2D eigenvalue weighted by molar-refractivity contribution is 0.463. The van der Waals surface area contributed by atoms with Gasteiger partial charge in [0.15, 0.2) is 0 Å². The smallest absolute Gasteiger partial charge is 0.219 e. The molecule has 0 bridgehead atoms. The molecule has 0 fully saturated rings. The van der Waals surface area contributed by atoms with E-state index in [1.165, 1.54) is 4.31 Å². The maximum Gasteiger partial charge on any atom is 0.219 e. The van der Waals surface area contributed by atoms with Crippen molar-refractivity contribution in [1.82, 2.24) is 4.31 Å². The molecular formula is C12H16N2O2S. The normalized spacial score (nSPS) is 11.4. The van der Waals surface area contributed by atoms with E-state index >= 15 is 0 Å². The highest BCUT2D eigenvalue weighted by atomic mass is 32.2. The van der Waals surface area contributed by atoms with E-state index in [2.05, 4.69) is 5.92 Å². The number of hydrogen-bond acceptors (Lipinski definition) is 3. The molecule has 92 valence electrons. The van der Waals surface area contributed by atoms with Crippen molar-refractivity contribution < 1.29 is 8.42 Å². The second-order valence-corrected chi connectivity index (χ2v) is 5.55. The third-order valence-electron chi connectivity index (χ3n) is 2.41. The number of nitrogens with two attached hydrogens (primary N) is 1. The van der Waals surface area contributed by atoms with Gasteiger partial charge in [-0.1, -0.05) is 31.0 Å². The minimum Gasteiger partial charge on any atom is -0.398 e. The van der Waals surface area contributed by atoms with Crippen LogP contribution in [0.3, 0.4) is 0 Å². The molecule has 0 amide bonds. The predicted molar refractivity (Wildman–Crippen MR) is 69.6 cm³/mol. The van der Waals surface area contributed by atoms with E-state index in [0.29, 0.717) is 17.8 Å². The number of hydrogen-bond donors (Lipinski definition) is 1. The van der Waals surface area contributed by atoms with Crippen molar-refractivity contribution in [3.8, 4) is 12.3 Å². The van der Waals surface area contributed by atoms with Crippen LogP contribution in [0.5, 0.6) is 0 Å². The van der Waals surface area contributed by atoms with Crippen LogP contribution in [-0.4, -0.2) is 25.8 Å². The zero-order valence-electron chi connectivity index (χ0n) is 9.76. The van der Waals surface area contributed by atoms with Gasteiger partial charge in [0, 0.05) is 12.2 Å². The Balaban J connectivity index is 2.94. The van der Waals surface area contributed by atoms with E-state index in [9.17, 15) is 8.42 Å². The van der Waals surface area contributed by atoms with Crippen LogP contribution in [0.2, 0.25) is 0 Å². The fraction of sp³-hybridized carbons (Fsp3) is 0.333. The summed E-state index contributed by atoms with van der Waals surface area (Å²) in [6.07, 6.45) is 5.14. The van der Waals surface area contributed by atoms with Crippen LogP contribution in [0.25, 0.3) is 0 Å². The number of nitrogen functional groups attached to an aromatic ring is 1. The third-order valence-corrected chi connectivity index (χ3v) is 4.26. The van der Waals surface area contributed by atoms with Gasteiger partial charge in [-0.3, -0.25) is 0 Å². The van der Waals surface area contributed by atoms with Crippen molar-refractivity contribution in [2.45, 2.75) is 12.7 Å². The lowest BCUT2D eigenvalue weighted by atomic mass is 10.2. The Hall–Kier alpha value is -1.51. The average Bonchev–Trinajstić information content (AvgIpc) is 2.28. The number of para-hydroxylation sites is 1. The van der Waals surface area contributed by atoms with Crippen LogP contribution in [0.1, 0.15) is 12.5 Å². The summed E-state index contributed by atoms with van der Waals surface area (Å²) in [6.45, 7) is 2.20. The maximum atomic E-state index is 12.0. The topological polar surface area (TPSA) is 63.4 Å². The minimum atomic E-state index is -3.40. The molecule has 1 aromatic rings. The standard InChI is InChI=1S/C12H16N2O2S/c1-3-9-14(4-2)17(15,16)10-11-7-5-6-8-12(11)13/h1,5-8H,4,9-10,13H2,2H3. The van der Waals surface area contributed by atoms with Gasteiger partial charge in [-0.15, -0.1) is 6.42 Å². The molecule has 0 atom stereocenters. The van der Waals surface area contributed by atoms with E-state index in [1.54, 1.807) is 31.2 Å². The van der Waals surface area contributed by atoms with E-state index in [4.69, 9.17) is 12.2 Å². The number of rotatable bonds is 5. The van der Waals surface area contributed by atoms with Gasteiger partial charge in [-0.25, -0.2) is 8.42 Å². The van der Waals surface area contributed by atoms with Crippen LogP contribution >= 0.6 is 0 Å². The number of benzene rings is 1. The molecule has 0 aromatic heterocycles. The molecule has 5 heteroatoms. The quantitative estimate of drug-likeness (QED) is 0.629. The summed E-state index contributed by atoms with van der Waals surface area (Å²) in [7, 11) is -3.40. The highest BCUT2D eigenvalue weighted by Gasteiger charge is 2.20. The first-order valence-corrected chi connectivity index (χ1v) is 6.87. The third kappa shape index (κ3) is 3.48. The minimum absolute atomic E-state index is 0.0889. The number of terminal acetylenes is 1. The van der Waals surface area contributed by atoms with E-state index in [1.807, 2.05) is 0 Å². The molecule has 0 saturated heterocycles. The summed E-state index contributed by atoms with van der Waals surface area (Å²) in [5, 5.41) is 0. The summed E-state index contributed by atoms with van der Waals surface area (Å²) in [4.78, 5) is 0. The van der Waals surface area contributed by atoms with Crippen LogP contribution in [0.15, 0.2) is 24.3 Å². The van der Waals surface area contributed by atoms with Gasteiger partial charge < -0.3 is 5.73 Å². The summed E-state index contributed by atoms with van der Waals surface area (Å²) < 4.78 is 25.4. The lowest BCUT2D eigenvalue weighted by Gasteiger charge is -2.18. The Morgan fingerprint density at radius 3 is 2.59 bits per heavy atom. The van der Waals surface area contributed by atoms with E-state index < -0.39 is 10.0 Å². The van der Waals surface area contributed by atoms with Gasteiger partial charge in [0.2, 0.25) is 10.0 Å². The predicted octanol–water partition coefficient (Wildman–Crippen LogP) is 1.05. The molecule has 1 aromatic carbocycles. The Morgan fingerprint density at radius 1 is 1.41 bits per heavy atom. The maximum absolute atomic E-state index is 12.0. The van der Waals surface area contributed by atoms with Crippen LogP contribution in [-0.2, 0) is 15.8 Å². The first-order valence-electron chi connectivity index (χ1n) is 5.26. The molecule has 2 N–H and O–H groups in total. The average molecular weight is 252 g/mol. The zero-order valence-corrected chi connectivity index (χ0v) is 10.6. The monoisotopic (exact) mass is 252 g/mol. The van der Waals surface area contributed by atoms with Gasteiger partial charge in [-0.05, 0) is 11.6 Å². The lowest BCUT2D eigenvalue weighted by Crippen LogP contribution is -2.32. The van der Waals surface area contributed by atoms with Crippen molar-refractivity contribution in [2.24, 2.45) is 0 Å². The van der Waals surface area contributed by atoms with Crippen LogP contribution < -0.4 is 5.73 Å². The molecule has 0 aliphatic rings. The molecule has 0 aliphatic carbocycles. The summed E-state index contributed by atoms with van der Waals surface area (Å²) in [6, 6.07) is 6.92. The number of sulfonamides is 1. The Labute approximate surface area is 102 Å². The highest BCUT2D eigenvalue weighted by Crippen LogP contribution is 2.16. The Morgan fingerprint density at radius 2 is 2.06 bits per heavy atom. The Kier molecular flexibility index (Phi) is 4.55. The molecule has 17 heavy (non-hydrogen) atoms. The van der Waals surface area contributed by atoms with Crippen LogP contribution in [0, 0.1) is 12.3 Å². The highest BCUT2D eigenvalue weighted by molar-refractivity contribution is 7.88. The van der Waals surface area contributed by atoms with Crippen molar-refractivity contribution in [2.75, 3.05) is 18.8 Å². The second kappa shape index (κ2) is 5.71. The molecule has 0 aliphatic heterocycles. The van der Waals surface area contributed by atoms with E-state index in [-0.39, 0.29) is 12.3 Å². The molecule has 4 nitrogen and oxygen atoms in total. The van der Waals surface area contributed by atoms with Crippen molar-refractivity contribution in [3.63, 3.8) is 0 Å². The molecule has 0 saturated carbocycles. The first-order chi connectivity index (χ1) is 8.01. The van der Waals surface area contributed by atoms with E-state index in [0.717, 1.165) is 0 Å². The Bertz CT molecular complexity index is 518. The van der Waals surface area contributed by atoms with Crippen molar-refractivity contribution >= 4 is 15.7 Å². The van der Waals surface area contributed by atoms with Gasteiger partial charge in [0.1, 0.15) is 0 Å². The fourth-order valence-corrected chi connectivity index (χ4v) is 2.97. The zero-order chi connectivity index (χ0) is 12.9. The summed E-state index contributed by atoms with van der Waals surface area (Å²) >= 11 is 0. The summed E-state index contributed by atoms with van der Waals surface area (Å²) in [5.74, 6) is 2.22. The SMILES string of the molecule is C#CCN(CC)S(=O)(=O)Cc1ccccc1N. The molecule has 0 radical (unpaired) electrons. The second-order valence-electron chi connectivity index (χ2n) is 3.59. The molecule has 0 heterocycles. The molecule has 0 unspecified atom stereocenters. The van der Waals surface area contributed by atoms with Gasteiger partial charge >= 0.3 is 0 Å². The van der Waals surface area contributed by atoms with Crippen LogP contribution in [0.4, 0.5) is 5.69 Å². The van der Waals surface area contributed by atoms with Crippen molar-refractivity contribution in [3.05, 3.63) is 29.8 Å². The molecule has 0 spiro atoms. The largest absolute Gasteiger partial charge is 0.398 e. The number of anilines is 1. The van der Waals surface area contributed by atoms with Gasteiger partial charge in [-0.2, -0.15) is 4.31 Å². The fourth-order valence-electron chi connectivity index (χ4n) is 1.46. The number of nitrogens with zero attached hydrogens (tertiary/aromatic N) is 1. The summed E-state index contributed by atoms with van der Waals surface area (Å²) in [5.41, 5.74) is 6.80.